The summed E-state index contributed by atoms with van der Waals surface area (Å²) in [4.78, 5) is 22.3. The maximum Gasteiger partial charge on any atom is 0.335 e. The summed E-state index contributed by atoms with van der Waals surface area (Å²) in [7, 11) is 2.60. The third kappa shape index (κ3) is 2.03. The molecule has 0 radical (unpaired) electrons. The summed E-state index contributed by atoms with van der Waals surface area (Å²) in [6, 6.07) is 0. The Hall–Kier alpha value is -0.970. The average Bonchev–Trinajstić information content (AvgIpc) is 2.63. The molecule has 0 saturated heterocycles. The van der Waals surface area contributed by atoms with Crippen LogP contribution in [0.4, 0.5) is 0 Å². The van der Waals surface area contributed by atoms with Gasteiger partial charge in [-0.2, -0.15) is 11.8 Å². The van der Waals surface area contributed by atoms with E-state index in [0.29, 0.717) is 22.7 Å². The molecule has 4 nitrogen and oxygen atoms in total. The van der Waals surface area contributed by atoms with Gasteiger partial charge < -0.3 is 9.47 Å². The summed E-state index contributed by atoms with van der Waals surface area (Å²) in [6.45, 7) is 0. The highest BCUT2D eigenvalue weighted by Crippen LogP contribution is 2.26. The van der Waals surface area contributed by atoms with Gasteiger partial charge in [0.1, 0.15) is 0 Å². The molecule has 5 heteroatoms. The van der Waals surface area contributed by atoms with Gasteiger partial charge in [-0.25, -0.2) is 9.59 Å². The van der Waals surface area contributed by atoms with Crippen molar-refractivity contribution in [1.29, 1.82) is 0 Å². The van der Waals surface area contributed by atoms with Crippen LogP contribution in [0.5, 0.6) is 0 Å². The highest BCUT2D eigenvalue weighted by atomic mass is 32.2. The predicted octanol–water partition coefficient (Wildman–Crippen LogP) is 0.376. The first-order chi connectivity index (χ1) is 6.20. The van der Waals surface area contributed by atoms with Gasteiger partial charge in [-0.3, -0.25) is 0 Å². The molecule has 72 valence electrons. The maximum atomic E-state index is 11.1. The molecular weight excluding hydrogens is 192 g/mol. The number of hydrogen-bond donors (Lipinski definition) is 0. The Balaban J connectivity index is 2.89. The molecule has 1 heterocycles. The second-order valence-corrected chi connectivity index (χ2v) is 3.42. The molecule has 0 aromatic heterocycles. The van der Waals surface area contributed by atoms with E-state index in [1.165, 1.54) is 26.0 Å². The number of carbonyl (C=O) groups is 2. The first kappa shape index (κ1) is 10.1. The van der Waals surface area contributed by atoms with Crippen LogP contribution in [-0.2, 0) is 19.1 Å². The number of carbonyl (C=O) groups excluding carboxylic acids is 2. The van der Waals surface area contributed by atoms with Crippen molar-refractivity contribution in [1.82, 2.24) is 0 Å². The van der Waals surface area contributed by atoms with E-state index in [9.17, 15) is 9.59 Å². The topological polar surface area (TPSA) is 52.6 Å². The molecule has 0 aromatic carbocycles. The van der Waals surface area contributed by atoms with Crippen molar-refractivity contribution in [2.75, 3.05) is 25.7 Å². The van der Waals surface area contributed by atoms with Gasteiger partial charge in [0.15, 0.2) is 0 Å². The van der Waals surface area contributed by atoms with E-state index >= 15 is 0 Å². The molecule has 1 aliphatic heterocycles. The number of rotatable bonds is 2. The van der Waals surface area contributed by atoms with Gasteiger partial charge in [0, 0.05) is 11.5 Å². The highest BCUT2D eigenvalue weighted by molar-refractivity contribution is 8.00. The summed E-state index contributed by atoms with van der Waals surface area (Å²) in [6.07, 6.45) is 0. The lowest BCUT2D eigenvalue weighted by Crippen LogP contribution is -2.13. The summed E-state index contributed by atoms with van der Waals surface area (Å²) in [5, 5.41) is 0. The fraction of sp³-hybridized carbons (Fsp3) is 0.500. The Morgan fingerprint density at radius 2 is 1.46 bits per heavy atom. The maximum absolute atomic E-state index is 11.1. The summed E-state index contributed by atoms with van der Waals surface area (Å²) >= 11 is 1.50. The number of methoxy groups -OCH3 is 2. The highest BCUT2D eigenvalue weighted by Gasteiger charge is 2.26. The molecule has 13 heavy (non-hydrogen) atoms. The van der Waals surface area contributed by atoms with Crippen molar-refractivity contribution >= 4 is 23.7 Å². The minimum atomic E-state index is -0.439. The molecule has 0 amide bonds. The first-order valence-corrected chi connectivity index (χ1v) is 4.82. The van der Waals surface area contributed by atoms with Crippen molar-refractivity contribution in [2.24, 2.45) is 0 Å². The van der Waals surface area contributed by atoms with Crippen LogP contribution in [0, 0.1) is 0 Å². The second kappa shape index (κ2) is 4.32. The molecule has 1 rings (SSSR count). The molecule has 1 aliphatic rings. The van der Waals surface area contributed by atoms with E-state index in [1.807, 2.05) is 0 Å². The molecule has 0 bridgehead atoms. The zero-order valence-electron chi connectivity index (χ0n) is 7.46. The fourth-order valence-electron chi connectivity index (χ4n) is 1.04. The monoisotopic (exact) mass is 202 g/mol. The van der Waals surface area contributed by atoms with Crippen molar-refractivity contribution in [3.05, 3.63) is 11.1 Å². The van der Waals surface area contributed by atoms with E-state index in [2.05, 4.69) is 9.47 Å². The Morgan fingerprint density at radius 3 is 1.77 bits per heavy atom. The van der Waals surface area contributed by atoms with Gasteiger partial charge in [-0.15, -0.1) is 0 Å². The zero-order valence-corrected chi connectivity index (χ0v) is 8.27. The van der Waals surface area contributed by atoms with Crippen molar-refractivity contribution in [3.8, 4) is 0 Å². The molecule has 0 saturated carbocycles. The van der Waals surface area contributed by atoms with E-state index in [1.54, 1.807) is 0 Å². The van der Waals surface area contributed by atoms with Crippen molar-refractivity contribution in [3.63, 3.8) is 0 Å². The van der Waals surface area contributed by atoms with E-state index in [4.69, 9.17) is 0 Å². The Kier molecular flexibility index (Phi) is 3.36. The first-order valence-electron chi connectivity index (χ1n) is 3.67. The molecule has 0 atom stereocenters. The standard InChI is InChI=1S/C8H10O4S/c1-11-7(9)5-3-13-4-6(5)8(10)12-2/h3-4H2,1-2H3. The predicted molar refractivity (Wildman–Crippen MR) is 48.4 cm³/mol. The average molecular weight is 202 g/mol. The molecule has 0 N–H and O–H groups in total. The molecule has 0 fully saturated rings. The Labute approximate surface area is 80.3 Å². The molecule has 0 spiro atoms. The fourth-order valence-corrected chi connectivity index (χ4v) is 2.13. The van der Waals surface area contributed by atoms with E-state index in [-0.39, 0.29) is 0 Å². The second-order valence-electron chi connectivity index (χ2n) is 2.43. The van der Waals surface area contributed by atoms with Crippen LogP contribution in [0.3, 0.4) is 0 Å². The van der Waals surface area contributed by atoms with Crippen LogP contribution in [0.15, 0.2) is 11.1 Å². The van der Waals surface area contributed by atoms with Gasteiger partial charge in [0.05, 0.1) is 25.4 Å². The third-order valence-corrected chi connectivity index (χ3v) is 2.71. The van der Waals surface area contributed by atoms with Crippen LogP contribution in [0.2, 0.25) is 0 Å². The van der Waals surface area contributed by atoms with Gasteiger partial charge in [0.2, 0.25) is 0 Å². The van der Waals surface area contributed by atoms with Gasteiger partial charge >= 0.3 is 11.9 Å². The number of thioether (sulfide) groups is 1. The minimum Gasteiger partial charge on any atom is -0.466 e. The quantitative estimate of drug-likeness (QED) is 0.606. The molecule has 0 aliphatic carbocycles. The Bertz CT molecular complexity index is 243. The van der Waals surface area contributed by atoms with E-state index in [0.717, 1.165) is 0 Å². The van der Waals surface area contributed by atoms with Gasteiger partial charge in [0.25, 0.3) is 0 Å². The molecule has 0 aromatic rings. The smallest absolute Gasteiger partial charge is 0.335 e. The lowest BCUT2D eigenvalue weighted by molar-refractivity contribution is -0.139. The number of ether oxygens (including phenoxy) is 2. The summed E-state index contributed by atoms with van der Waals surface area (Å²) in [5.74, 6) is 0.171. The van der Waals surface area contributed by atoms with Crippen molar-refractivity contribution in [2.45, 2.75) is 0 Å². The third-order valence-electron chi connectivity index (χ3n) is 1.72. The van der Waals surface area contributed by atoms with Crippen LogP contribution >= 0.6 is 11.8 Å². The normalized spacial score (nSPS) is 15.8. The van der Waals surface area contributed by atoms with Crippen LogP contribution in [0.25, 0.3) is 0 Å². The SMILES string of the molecule is COC(=O)C1=C(C(=O)OC)CSC1. The largest absolute Gasteiger partial charge is 0.466 e. The lowest BCUT2D eigenvalue weighted by Gasteiger charge is -2.02. The summed E-state index contributed by atoms with van der Waals surface area (Å²) < 4.78 is 9.08. The number of hydrogen-bond acceptors (Lipinski definition) is 5. The molecule has 0 unspecified atom stereocenters. The lowest BCUT2D eigenvalue weighted by atomic mass is 10.1. The Morgan fingerprint density at radius 1 is 1.08 bits per heavy atom. The zero-order chi connectivity index (χ0) is 9.84. The minimum absolute atomic E-state index is 0.430. The summed E-state index contributed by atoms with van der Waals surface area (Å²) in [5.41, 5.74) is 0.860. The van der Waals surface area contributed by atoms with E-state index < -0.39 is 11.9 Å². The number of esters is 2. The van der Waals surface area contributed by atoms with Gasteiger partial charge in [-0.1, -0.05) is 0 Å². The van der Waals surface area contributed by atoms with Crippen LogP contribution < -0.4 is 0 Å². The van der Waals surface area contributed by atoms with Crippen LogP contribution in [-0.4, -0.2) is 37.7 Å². The molecular formula is C8H10O4S. The van der Waals surface area contributed by atoms with Crippen LogP contribution in [0.1, 0.15) is 0 Å². The van der Waals surface area contributed by atoms with Gasteiger partial charge in [-0.05, 0) is 0 Å². The van der Waals surface area contributed by atoms with Crippen molar-refractivity contribution < 1.29 is 19.1 Å².